The predicted octanol–water partition coefficient (Wildman–Crippen LogP) is 1.46. The molecule has 0 aliphatic rings. The quantitative estimate of drug-likeness (QED) is 0.637. The van der Waals surface area contributed by atoms with Gasteiger partial charge in [-0.2, -0.15) is 4.31 Å². The first-order valence-corrected chi connectivity index (χ1v) is 9.21. The summed E-state index contributed by atoms with van der Waals surface area (Å²) in [4.78, 5) is 1.03. The lowest BCUT2D eigenvalue weighted by atomic mass is 10.3. The zero-order chi connectivity index (χ0) is 15.9. The van der Waals surface area contributed by atoms with Crippen LogP contribution in [0.5, 0.6) is 0 Å². The van der Waals surface area contributed by atoms with Crippen molar-refractivity contribution in [3.63, 3.8) is 0 Å². The molecular formula is C14H24N2O3S2. The maximum absolute atomic E-state index is 12.5. The molecule has 0 saturated carbocycles. The Labute approximate surface area is 131 Å². The highest BCUT2D eigenvalue weighted by molar-refractivity contribution is 7.91. The molecule has 1 aromatic heterocycles. The van der Waals surface area contributed by atoms with Gasteiger partial charge < -0.3 is 10.4 Å². The van der Waals surface area contributed by atoms with Gasteiger partial charge >= 0.3 is 0 Å². The maximum atomic E-state index is 12.5. The van der Waals surface area contributed by atoms with Crippen LogP contribution in [0, 0.1) is 0 Å². The third-order valence-corrected chi connectivity index (χ3v) is 6.31. The van der Waals surface area contributed by atoms with Crippen molar-refractivity contribution in [3.8, 4) is 0 Å². The van der Waals surface area contributed by atoms with E-state index in [0.29, 0.717) is 10.3 Å². The fourth-order valence-electron chi connectivity index (χ4n) is 1.81. The molecule has 21 heavy (non-hydrogen) atoms. The number of rotatable bonds is 10. The van der Waals surface area contributed by atoms with Crippen molar-refractivity contribution in [1.29, 1.82) is 0 Å². The Kier molecular flexibility index (Phi) is 7.55. The highest BCUT2D eigenvalue weighted by Gasteiger charge is 2.24. The van der Waals surface area contributed by atoms with Crippen LogP contribution in [0.25, 0.3) is 0 Å². The van der Waals surface area contributed by atoms with Crippen LogP contribution in [-0.2, 0) is 16.4 Å². The Hall–Kier alpha value is -0.730. The van der Waals surface area contributed by atoms with Crippen LogP contribution in [0.4, 0.5) is 0 Å². The summed E-state index contributed by atoms with van der Waals surface area (Å²) in [6.07, 6.45) is 2.33. The lowest BCUT2D eigenvalue weighted by Gasteiger charge is -2.18. The summed E-state index contributed by atoms with van der Waals surface area (Å²) < 4.78 is 26.5. The Bertz CT molecular complexity index is 538. The Morgan fingerprint density at radius 1 is 1.48 bits per heavy atom. The van der Waals surface area contributed by atoms with Gasteiger partial charge in [0.25, 0.3) is 10.0 Å². The van der Waals surface area contributed by atoms with Crippen molar-refractivity contribution >= 4 is 21.4 Å². The smallest absolute Gasteiger partial charge is 0.252 e. The molecule has 0 bridgehead atoms. The minimum Gasteiger partial charge on any atom is -0.395 e. The molecule has 0 atom stereocenters. The molecule has 0 aromatic carbocycles. The summed E-state index contributed by atoms with van der Waals surface area (Å²) in [6.45, 7) is 8.61. The van der Waals surface area contributed by atoms with E-state index in [0.717, 1.165) is 17.8 Å². The molecule has 2 N–H and O–H groups in total. The van der Waals surface area contributed by atoms with E-state index in [1.807, 2.05) is 6.07 Å². The van der Waals surface area contributed by atoms with Crippen LogP contribution >= 0.6 is 11.3 Å². The van der Waals surface area contributed by atoms with E-state index in [1.165, 1.54) is 21.7 Å². The second kappa shape index (κ2) is 8.65. The minimum atomic E-state index is -3.55. The topological polar surface area (TPSA) is 69.6 Å². The van der Waals surface area contributed by atoms with Gasteiger partial charge in [-0.25, -0.2) is 8.42 Å². The average Bonchev–Trinajstić information content (AvgIpc) is 2.87. The molecule has 1 aromatic rings. The van der Waals surface area contributed by atoms with Crippen LogP contribution in [0.1, 0.15) is 18.7 Å². The van der Waals surface area contributed by atoms with E-state index in [9.17, 15) is 8.42 Å². The Balaban J connectivity index is 2.79. The van der Waals surface area contributed by atoms with Crippen molar-refractivity contribution in [2.24, 2.45) is 0 Å². The first-order valence-electron chi connectivity index (χ1n) is 6.95. The third-order valence-electron chi connectivity index (χ3n) is 2.84. The number of nitrogens with one attached hydrogen (secondary N) is 1. The van der Waals surface area contributed by atoms with Gasteiger partial charge in [0.15, 0.2) is 0 Å². The molecule has 0 saturated heterocycles. The first kappa shape index (κ1) is 18.3. The van der Waals surface area contributed by atoms with Crippen LogP contribution < -0.4 is 5.32 Å². The van der Waals surface area contributed by atoms with E-state index in [2.05, 4.69) is 25.7 Å². The lowest BCUT2D eigenvalue weighted by Crippen LogP contribution is -2.33. The molecule has 0 spiro atoms. The van der Waals surface area contributed by atoms with Gasteiger partial charge in [0, 0.05) is 30.6 Å². The molecule has 0 fully saturated rings. The van der Waals surface area contributed by atoms with Crippen molar-refractivity contribution in [2.45, 2.75) is 30.5 Å². The van der Waals surface area contributed by atoms with Gasteiger partial charge in [-0.05, 0) is 18.6 Å². The number of aliphatic hydroxyl groups excluding tert-OH is 1. The van der Waals surface area contributed by atoms with Gasteiger partial charge in [-0.3, -0.25) is 0 Å². The third kappa shape index (κ3) is 5.52. The van der Waals surface area contributed by atoms with Gasteiger partial charge in [0.1, 0.15) is 4.21 Å². The summed E-state index contributed by atoms with van der Waals surface area (Å²) in [6, 6.07) is 3.91. The molecule has 0 unspecified atom stereocenters. The molecule has 0 aliphatic heterocycles. The predicted molar refractivity (Wildman–Crippen MR) is 87.2 cm³/mol. The van der Waals surface area contributed by atoms with Gasteiger partial charge in [-0.1, -0.05) is 19.9 Å². The van der Waals surface area contributed by atoms with Crippen molar-refractivity contribution in [1.82, 2.24) is 9.62 Å². The summed E-state index contributed by atoms with van der Waals surface area (Å²) in [5.74, 6) is 0. The number of hydrogen-bond acceptors (Lipinski definition) is 5. The maximum Gasteiger partial charge on any atom is 0.252 e. The fourth-order valence-corrected chi connectivity index (χ4v) is 4.72. The van der Waals surface area contributed by atoms with E-state index in [4.69, 9.17) is 5.11 Å². The normalized spacial score (nSPS) is 12.2. The van der Waals surface area contributed by atoms with E-state index >= 15 is 0 Å². The number of hydrogen-bond donors (Lipinski definition) is 2. The number of nitrogens with zero attached hydrogens (tertiary/aromatic N) is 1. The largest absolute Gasteiger partial charge is 0.395 e. The summed E-state index contributed by atoms with van der Waals surface area (Å²) in [5, 5.41) is 12.3. The van der Waals surface area contributed by atoms with Crippen LogP contribution in [0.3, 0.4) is 0 Å². The van der Waals surface area contributed by atoms with Crippen molar-refractivity contribution < 1.29 is 13.5 Å². The molecule has 5 nitrogen and oxygen atoms in total. The minimum absolute atomic E-state index is 0.0799. The molecule has 120 valence electrons. The number of thiophene rings is 1. The molecule has 1 rings (SSSR count). The highest BCUT2D eigenvalue weighted by Crippen LogP contribution is 2.25. The van der Waals surface area contributed by atoms with Crippen molar-refractivity contribution in [3.05, 3.63) is 29.7 Å². The number of sulfonamides is 1. The summed E-state index contributed by atoms with van der Waals surface area (Å²) >= 11 is 1.29. The Morgan fingerprint density at radius 2 is 2.19 bits per heavy atom. The van der Waals surface area contributed by atoms with Gasteiger partial charge in [0.2, 0.25) is 0 Å². The second-order valence-electron chi connectivity index (χ2n) is 4.95. The van der Waals surface area contributed by atoms with Gasteiger partial charge in [-0.15, -0.1) is 17.9 Å². The fraction of sp³-hybridized carbons (Fsp3) is 0.571. The van der Waals surface area contributed by atoms with E-state index in [1.54, 1.807) is 6.07 Å². The standard InChI is InChI=1S/C14H24N2O3S2/c1-4-9-16(10-11-17)21(18,19)14-6-5-13(20-14)7-8-15-12(2)3/h4-6,12,15,17H,1,7-11H2,2-3H3. The van der Waals surface area contributed by atoms with E-state index in [-0.39, 0.29) is 19.7 Å². The molecule has 0 radical (unpaired) electrons. The average molecular weight is 332 g/mol. The Morgan fingerprint density at radius 3 is 2.76 bits per heavy atom. The molecule has 0 aliphatic carbocycles. The summed E-state index contributed by atoms with van der Waals surface area (Å²) in [7, 11) is -3.55. The number of aliphatic hydroxyl groups is 1. The second-order valence-corrected chi connectivity index (χ2v) is 8.29. The van der Waals surface area contributed by atoms with Crippen molar-refractivity contribution in [2.75, 3.05) is 26.2 Å². The lowest BCUT2D eigenvalue weighted by molar-refractivity contribution is 0.260. The van der Waals surface area contributed by atoms with Gasteiger partial charge in [0.05, 0.1) is 6.61 Å². The van der Waals surface area contributed by atoms with Crippen LogP contribution in [-0.4, -0.2) is 50.1 Å². The zero-order valence-corrected chi connectivity index (χ0v) is 14.2. The van der Waals surface area contributed by atoms with E-state index < -0.39 is 10.0 Å². The molecule has 1 heterocycles. The summed E-state index contributed by atoms with van der Waals surface area (Å²) in [5.41, 5.74) is 0. The monoisotopic (exact) mass is 332 g/mol. The SMILES string of the molecule is C=CCN(CCO)S(=O)(=O)c1ccc(CCNC(C)C)s1. The van der Waals surface area contributed by atoms with Crippen LogP contribution in [0.15, 0.2) is 29.0 Å². The molecule has 0 amide bonds. The van der Waals surface area contributed by atoms with Crippen LogP contribution in [0.2, 0.25) is 0 Å². The first-order chi connectivity index (χ1) is 9.91. The molecule has 7 heteroatoms. The zero-order valence-electron chi connectivity index (χ0n) is 12.6. The molecular weight excluding hydrogens is 308 g/mol. The highest BCUT2D eigenvalue weighted by atomic mass is 32.2.